The normalized spacial score (nSPS) is 11.5. The lowest BCUT2D eigenvalue weighted by molar-refractivity contribution is 0.287. The molecule has 0 aliphatic heterocycles. The van der Waals surface area contributed by atoms with Gasteiger partial charge in [-0.05, 0) is 43.5 Å². The summed E-state index contributed by atoms with van der Waals surface area (Å²) in [7, 11) is -3.31. The van der Waals surface area contributed by atoms with E-state index >= 15 is 0 Å². The molecule has 0 fully saturated rings. The number of hydrogen-bond acceptors (Lipinski definition) is 3. The van der Waals surface area contributed by atoms with Crippen LogP contribution in [0.4, 0.5) is 5.69 Å². The molecule has 0 heterocycles. The van der Waals surface area contributed by atoms with Crippen LogP contribution in [0.1, 0.15) is 18.4 Å². The van der Waals surface area contributed by atoms with Gasteiger partial charge in [-0.15, -0.1) is 0 Å². The van der Waals surface area contributed by atoms with Crippen molar-refractivity contribution in [1.82, 2.24) is 0 Å². The Morgan fingerprint density at radius 3 is 2.65 bits per heavy atom. The lowest BCUT2D eigenvalue weighted by Gasteiger charge is -2.09. The first kappa shape index (κ1) is 14.5. The fourth-order valence-corrected chi connectivity index (χ4v) is 2.76. The molecule has 17 heavy (non-hydrogen) atoms. The van der Waals surface area contributed by atoms with E-state index in [-0.39, 0.29) is 12.4 Å². The maximum absolute atomic E-state index is 11.7. The maximum atomic E-state index is 11.7. The first-order valence-corrected chi connectivity index (χ1v) is 7.76. The van der Waals surface area contributed by atoms with Crippen LogP contribution in [0, 0.1) is 6.92 Å². The van der Waals surface area contributed by atoms with Gasteiger partial charge < -0.3 is 5.11 Å². The molecule has 0 unspecified atom stereocenters. The summed E-state index contributed by atoms with van der Waals surface area (Å²) in [6, 6.07) is 5.29. The number of aliphatic hydroxyl groups excluding tert-OH is 1. The minimum absolute atomic E-state index is 0.0207. The molecule has 96 valence electrons. The van der Waals surface area contributed by atoms with Gasteiger partial charge in [0.2, 0.25) is 10.0 Å². The molecular weight excluding hydrogens is 306 g/mol. The Hall–Kier alpha value is -0.590. The van der Waals surface area contributed by atoms with Crippen molar-refractivity contribution in [2.45, 2.75) is 19.8 Å². The number of rotatable bonds is 6. The minimum atomic E-state index is -3.31. The van der Waals surface area contributed by atoms with Gasteiger partial charge in [-0.1, -0.05) is 15.9 Å². The zero-order valence-electron chi connectivity index (χ0n) is 9.61. The standard InChI is InChI=1S/C11H16BrNO3S/c1-9-8-10(4-5-11(9)12)13-17(15,16)7-3-2-6-14/h4-5,8,13-14H,2-3,6-7H2,1H3. The second-order valence-electron chi connectivity index (χ2n) is 3.82. The Kier molecular flexibility index (Phi) is 5.42. The predicted molar refractivity (Wildman–Crippen MR) is 72.6 cm³/mol. The Morgan fingerprint density at radius 2 is 2.06 bits per heavy atom. The lowest BCUT2D eigenvalue weighted by Crippen LogP contribution is -2.17. The number of nitrogens with one attached hydrogen (secondary N) is 1. The second-order valence-corrected chi connectivity index (χ2v) is 6.51. The van der Waals surface area contributed by atoms with Crippen LogP contribution in [-0.4, -0.2) is 25.9 Å². The van der Waals surface area contributed by atoms with Gasteiger partial charge in [-0.3, -0.25) is 4.72 Å². The number of benzene rings is 1. The fraction of sp³-hybridized carbons (Fsp3) is 0.455. The van der Waals surface area contributed by atoms with Gasteiger partial charge in [0.1, 0.15) is 0 Å². The van der Waals surface area contributed by atoms with Crippen molar-refractivity contribution >= 4 is 31.6 Å². The van der Waals surface area contributed by atoms with Crippen LogP contribution < -0.4 is 4.72 Å². The highest BCUT2D eigenvalue weighted by molar-refractivity contribution is 9.10. The zero-order valence-corrected chi connectivity index (χ0v) is 12.0. The highest BCUT2D eigenvalue weighted by atomic mass is 79.9. The van der Waals surface area contributed by atoms with E-state index in [1.807, 2.05) is 6.92 Å². The summed E-state index contributed by atoms with van der Waals surface area (Å²) in [4.78, 5) is 0. The highest BCUT2D eigenvalue weighted by Gasteiger charge is 2.10. The fourth-order valence-electron chi connectivity index (χ4n) is 1.34. The monoisotopic (exact) mass is 321 g/mol. The third-order valence-corrected chi connectivity index (χ3v) is 4.52. The molecule has 0 aliphatic carbocycles. The Balaban J connectivity index is 2.66. The molecule has 0 aliphatic rings. The molecule has 2 N–H and O–H groups in total. The molecule has 0 spiro atoms. The molecule has 0 saturated heterocycles. The van der Waals surface area contributed by atoms with Crippen molar-refractivity contribution in [1.29, 1.82) is 0 Å². The van der Waals surface area contributed by atoms with Gasteiger partial charge in [-0.2, -0.15) is 0 Å². The van der Waals surface area contributed by atoms with Gasteiger partial charge in [0.15, 0.2) is 0 Å². The van der Waals surface area contributed by atoms with E-state index in [1.54, 1.807) is 18.2 Å². The minimum Gasteiger partial charge on any atom is -0.396 e. The average Bonchev–Trinajstić information content (AvgIpc) is 2.23. The molecular formula is C11H16BrNO3S. The number of aliphatic hydroxyl groups is 1. The van der Waals surface area contributed by atoms with E-state index in [2.05, 4.69) is 20.7 Å². The summed E-state index contributed by atoms with van der Waals surface area (Å²) in [5.74, 6) is 0.0304. The van der Waals surface area contributed by atoms with Crippen molar-refractivity contribution < 1.29 is 13.5 Å². The Labute approximate surface area is 110 Å². The van der Waals surface area contributed by atoms with E-state index < -0.39 is 10.0 Å². The average molecular weight is 322 g/mol. The lowest BCUT2D eigenvalue weighted by atomic mass is 10.2. The largest absolute Gasteiger partial charge is 0.396 e. The summed E-state index contributed by atoms with van der Waals surface area (Å²) >= 11 is 3.36. The third kappa shape index (κ3) is 5.06. The number of halogens is 1. The molecule has 1 rings (SSSR count). The number of unbranched alkanes of at least 4 members (excludes halogenated alkanes) is 1. The van der Waals surface area contributed by atoms with Crippen LogP contribution >= 0.6 is 15.9 Å². The molecule has 0 saturated carbocycles. The summed E-state index contributed by atoms with van der Waals surface area (Å²) < 4.78 is 26.8. The van der Waals surface area contributed by atoms with Crippen LogP contribution in [0.15, 0.2) is 22.7 Å². The quantitative estimate of drug-likeness (QED) is 0.790. The molecule has 0 atom stereocenters. The molecule has 4 nitrogen and oxygen atoms in total. The molecule has 1 aromatic carbocycles. The molecule has 0 amide bonds. The summed E-state index contributed by atoms with van der Waals surface area (Å²) in [6.07, 6.45) is 0.960. The topological polar surface area (TPSA) is 66.4 Å². The van der Waals surface area contributed by atoms with Crippen molar-refractivity contribution in [3.63, 3.8) is 0 Å². The van der Waals surface area contributed by atoms with Gasteiger partial charge in [0.25, 0.3) is 0 Å². The predicted octanol–water partition coefficient (Wildman–Crippen LogP) is 2.27. The molecule has 0 aromatic heterocycles. The maximum Gasteiger partial charge on any atom is 0.232 e. The van der Waals surface area contributed by atoms with E-state index in [0.717, 1.165) is 10.0 Å². The molecule has 0 bridgehead atoms. The third-order valence-electron chi connectivity index (χ3n) is 2.25. The van der Waals surface area contributed by atoms with Gasteiger partial charge >= 0.3 is 0 Å². The first-order chi connectivity index (χ1) is 7.94. The number of hydrogen-bond donors (Lipinski definition) is 2. The summed E-state index contributed by atoms with van der Waals surface area (Å²) in [6.45, 7) is 1.92. The smallest absolute Gasteiger partial charge is 0.232 e. The van der Waals surface area contributed by atoms with Crippen LogP contribution in [-0.2, 0) is 10.0 Å². The Bertz CT molecular complexity index is 474. The van der Waals surface area contributed by atoms with Crippen molar-refractivity contribution in [3.8, 4) is 0 Å². The molecule has 1 aromatic rings. The molecule has 0 radical (unpaired) electrons. The number of anilines is 1. The van der Waals surface area contributed by atoms with Gasteiger partial charge in [0, 0.05) is 16.8 Å². The highest BCUT2D eigenvalue weighted by Crippen LogP contribution is 2.20. The first-order valence-electron chi connectivity index (χ1n) is 5.32. The summed E-state index contributed by atoms with van der Waals surface area (Å²) in [5.41, 5.74) is 1.54. The van der Waals surface area contributed by atoms with Crippen LogP contribution in [0.5, 0.6) is 0 Å². The molecule has 6 heteroatoms. The zero-order chi connectivity index (χ0) is 12.9. The van der Waals surface area contributed by atoms with Crippen LogP contribution in [0.3, 0.4) is 0 Å². The number of aryl methyl sites for hydroxylation is 1. The van der Waals surface area contributed by atoms with Crippen molar-refractivity contribution in [3.05, 3.63) is 28.2 Å². The number of sulfonamides is 1. The van der Waals surface area contributed by atoms with E-state index in [4.69, 9.17) is 5.11 Å². The van der Waals surface area contributed by atoms with Gasteiger partial charge in [0.05, 0.1) is 5.75 Å². The summed E-state index contributed by atoms with van der Waals surface area (Å²) in [5, 5.41) is 8.60. The van der Waals surface area contributed by atoms with Crippen LogP contribution in [0.25, 0.3) is 0 Å². The van der Waals surface area contributed by atoms with Crippen LogP contribution in [0.2, 0.25) is 0 Å². The van der Waals surface area contributed by atoms with Crippen molar-refractivity contribution in [2.75, 3.05) is 17.1 Å². The van der Waals surface area contributed by atoms with E-state index in [0.29, 0.717) is 18.5 Å². The van der Waals surface area contributed by atoms with Crippen molar-refractivity contribution in [2.24, 2.45) is 0 Å². The second kappa shape index (κ2) is 6.37. The SMILES string of the molecule is Cc1cc(NS(=O)(=O)CCCCO)ccc1Br. The Morgan fingerprint density at radius 1 is 1.35 bits per heavy atom. The van der Waals surface area contributed by atoms with E-state index in [1.165, 1.54) is 0 Å². The van der Waals surface area contributed by atoms with E-state index in [9.17, 15) is 8.42 Å². The van der Waals surface area contributed by atoms with Gasteiger partial charge in [-0.25, -0.2) is 8.42 Å².